The number of hydrogen-bond acceptors (Lipinski definition) is 3. The van der Waals surface area contributed by atoms with E-state index >= 15 is 0 Å². The van der Waals surface area contributed by atoms with Crippen molar-refractivity contribution < 1.29 is 13.9 Å². The summed E-state index contributed by atoms with van der Waals surface area (Å²) < 4.78 is 18.4. The molecule has 0 spiro atoms. The zero-order chi connectivity index (χ0) is 14.4. The van der Waals surface area contributed by atoms with E-state index in [1.165, 1.54) is 18.2 Å². The quantitative estimate of drug-likeness (QED) is 0.833. The zero-order valence-electron chi connectivity index (χ0n) is 11.6. The average molecular weight is 268 g/mol. The fourth-order valence-electron chi connectivity index (χ4n) is 1.60. The molecule has 5 heteroatoms. The molecule has 0 saturated heterocycles. The molecule has 1 aromatic carbocycles. The van der Waals surface area contributed by atoms with Crippen molar-refractivity contribution in [2.24, 2.45) is 11.7 Å². The van der Waals surface area contributed by atoms with Crippen LogP contribution in [0.25, 0.3) is 0 Å². The second kappa shape index (κ2) is 7.09. The molecular weight excluding hydrogens is 247 g/mol. The number of amides is 1. The number of anilines is 1. The second-order valence-corrected chi connectivity index (χ2v) is 4.47. The second-order valence-electron chi connectivity index (χ2n) is 4.47. The van der Waals surface area contributed by atoms with Crippen molar-refractivity contribution in [3.05, 3.63) is 24.0 Å². The van der Waals surface area contributed by atoms with E-state index in [2.05, 4.69) is 5.32 Å². The third kappa shape index (κ3) is 4.21. The number of benzene rings is 1. The number of carbonyl (C=O) groups excluding carboxylic acids is 1. The maximum Gasteiger partial charge on any atom is 0.241 e. The van der Waals surface area contributed by atoms with Gasteiger partial charge in [0.05, 0.1) is 18.3 Å². The Kier molecular flexibility index (Phi) is 5.76. The third-order valence-electron chi connectivity index (χ3n) is 3.06. The lowest BCUT2D eigenvalue weighted by Gasteiger charge is -2.19. The topological polar surface area (TPSA) is 64.3 Å². The van der Waals surface area contributed by atoms with E-state index in [0.717, 1.165) is 6.42 Å². The summed E-state index contributed by atoms with van der Waals surface area (Å²) in [6.07, 6.45) is 0.816. The van der Waals surface area contributed by atoms with Gasteiger partial charge in [-0.05, 0) is 25.0 Å². The van der Waals surface area contributed by atoms with Crippen LogP contribution >= 0.6 is 0 Å². The van der Waals surface area contributed by atoms with Gasteiger partial charge in [0, 0.05) is 6.07 Å². The van der Waals surface area contributed by atoms with Crippen molar-refractivity contribution in [3.8, 4) is 5.75 Å². The van der Waals surface area contributed by atoms with E-state index in [0.29, 0.717) is 18.0 Å². The summed E-state index contributed by atoms with van der Waals surface area (Å²) in [7, 11) is 0. The normalized spacial score (nSPS) is 13.7. The summed E-state index contributed by atoms with van der Waals surface area (Å²) in [5.74, 6) is -0.308. The highest BCUT2D eigenvalue weighted by Gasteiger charge is 2.20. The summed E-state index contributed by atoms with van der Waals surface area (Å²) in [6.45, 7) is 6.07. The van der Waals surface area contributed by atoms with E-state index in [1.807, 2.05) is 13.8 Å². The van der Waals surface area contributed by atoms with Gasteiger partial charge in [-0.15, -0.1) is 0 Å². The molecule has 0 bridgehead atoms. The van der Waals surface area contributed by atoms with Crippen LogP contribution in [-0.4, -0.2) is 18.6 Å². The van der Waals surface area contributed by atoms with Crippen LogP contribution in [0.5, 0.6) is 5.75 Å². The third-order valence-corrected chi connectivity index (χ3v) is 3.06. The Morgan fingerprint density at radius 3 is 2.74 bits per heavy atom. The number of nitrogens with two attached hydrogens (primary N) is 1. The van der Waals surface area contributed by atoms with Crippen LogP contribution in [0, 0.1) is 11.7 Å². The van der Waals surface area contributed by atoms with Gasteiger partial charge in [0.1, 0.15) is 11.6 Å². The van der Waals surface area contributed by atoms with Crippen molar-refractivity contribution >= 4 is 11.6 Å². The van der Waals surface area contributed by atoms with Crippen molar-refractivity contribution in [2.45, 2.75) is 33.2 Å². The molecule has 0 aliphatic rings. The van der Waals surface area contributed by atoms with Crippen molar-refractivity contribution in [2.75, 3.05) is 11.9 Å². The van der Waals surface area contributed by atoms with E-state index in [1.54, 1.807) is 6.92 Å². The number of ether oxygens (including phenoxy) is 1. The largest absolute Gasteiger partial charge is 0.492 e. The molecule has 19 heavy (non-hydrogen) atoms. The zero-order valence-corrected chi connectivity index (χ0v) is 11.6. The van der Waals surface area contributed by atoms with Crippen LogP contribution in [0.1, 0.15) is 27.2 Å². The van der Waals surface area contributed by atoms with Gasteiger partial charge in [0.15, 0.2) is 0 Å². The maximum absolute atomic E-state index is 13.1. The summed E-state index contributed by atoms with van der Waals surface area (Å²) in [6, 6.07) is 3.40. The first kappa shape index (κ1) is 15.4. The predicted molar refractivity (Wildman–Crippen MR) is 73.6 cm³/mol. The van der Waals surface area contributed by atoms with Crippen LogP contribution in [-0.2, 0) is 4.79 Å². The molecule has 3 N–H and O–H groups in total. The number of rotatable bonds is 6. The smallest absolute Gasteiger partial charge is 0.241 e. The minimum Gasteiger partial charge on any atom is -0.492 e. The van der Waals surface area contributed by atoms with Gasteiger partial charge in [-0.3, -0.25) is 4.79 Å². The standard InChI is InChI=1S/C14H21FN2O2/c1-4-9(3)13(16)14(18)17-11-7-6-10(15)8-12(11)19-5-2/h6-9,13H,4-5,16H2,1-3H3,(H,17,18)/t9?,13-/m0/s1. The minimum absolute atomic E-state index is 0.0796. The van der Waals surface area contributed by atoms with Crippen LogP contribution in [0.4, 0.5) is 10.1 Å². The van der Waals surface area contributed by atoms with Gasteiger partial charge < -0.3 is 15.8 Å². The highest BCUT2D eigenvalue weighted by atomic mass is 19.1. The van der Waals surface area contributed by atoms with Crippen LogP contribution < -0.4 is 15.8 Å². The first-order valence-corrected chi connectivity index (χ1v) is 6.48. The van der Waals surface area contributed by atoms with E-state index in [-0.39, 0.29) is 11.8 Å². The van der Waals surface area contributed by atoms with Crippen LogP contribution in [0.3, 0.4) is 0 Å². The molecule has 0 heterocycles. The Hall–Kier alpha value is -1.62. The van der Waals surface area contributed by atoms with Gasteiger partial charge in [-0.2, -0.15) is 0 Å². The van der Waals surface area contributed by atoms with Crippen molar-refractivity contribution in [3.63, 3.8) is 0 Å². The molecule has 1 aromatic rings. The molecule has 0 aliphatic heterocycles. The molecular formula is C14H21FN2O2. The minimum atomic E-state index is -0.593. The molecule has 1 unspecified atom stereocenters. The molecule has 0 saturated carbocycles. The molecule has 106 valence electrons. The van der Waals surface area contributed by atoms with Crippen molar-refractivity contribution in [1.82, 2.24) is 0 Å². The van der Waals surface area contributed by atoms with Gasteiger partial charge in [-0.1, -0.05) is 20.3 Å². The molecule has 0 aliphatic carbocycles. The summed E-state index contributed by atoms with van der Waals surface area (Å²) >= 11 is 0. The summed E-state index contributed by atoms with van der Waals surface area (Å²) in [5.41, 5.74) is 6.28. The molecule has 0 aromatic heterocycles. The molecule has 4 nitrogen and oxygen atoms in total. The number of hydrogen-bond donors (Lipinski definition) is 2. The Bertz CT molecular complexity index is 437. The highest BCUT2D eigenvalue weighted by Crippen LogP contribution is 2.25. The summed E-state index contributed by atoms with van der Waals surface area (Å²) in [5, 5.41) is 2.68. The Morgan fingerprint density at radius 2 is 2.16 bits per heavy atom. The Balaban J connectivity index is 2.84. The highest BCUT2D eigenvalue weighted by molar-refractivity contribution is 5.96. The van der Waals surface area contributed by atoms with Crippen molar-refractivity contribution in [1.29, 1.82) is 0 Å². The fourth-order valence-corrected chi connectivity index (χ4v) is 1.60. The molecule has 0 fully saturated rings. The van der Waals surface area contributed by atoms with E-state index < -0.39 is 11.9 Å². The summed E-state index contributed by atoms with van der Waals surface area (Å²) in [4.78, 5) is 12.0. The molecule has 1 rings (SSSR count). The average Bonchev–Trinajstić information content (AvgIpc) is 2.40. The van der Waals surface area contributed by atoms with Gasteiger partial charge in [0.25, 0.3) is 0 Å². The lowest BCUT2D eigenvalue weighted by molar-refractivity contribution is -0.118. The number of carbonyl (C=O) groups is 1. The Morgan fingerprint density at radius 1 is 1.47 bits per heavy atom. The van der Waals surface area contributed by atoms with Gasteiger partial charge in [0.2, 0.25) is 5.91 Å². The SMILES string of the molecule is CCOc1cc(F)ccc1NC(=O)[C@@H](N)C(C)CC. The lowest BCUT2D eigenvalue weighted by atomic mass is 9.99. The predicted octanol–water partition coefficient (Wildman–Crippen LogP) is 2.54. The molecule has 2 atom stereocenters. The van der Waals surface area contributed by atoms with E-state index in [9.17, 15) is 9.18 Å². The van der Waals surface area contributed by atoms with Crippen LogP contribution in [0.15, 0.2) is 18.2 Å². The number of nitrogens with one attached hydrogen (secondary N) is 1. The maximum atomic E-state index is 13.1. The molecule has 1 amide bonds. The van der Waals surface area contributed by atoms with Gasteiger partial charge >= 0.3 is 0 Å². The lowest BCUT2D eigenvalue weighted by Crippen LogP contribution is -2.40. The van der Waals surface area contributed by atoms with E-state index in [4.69, 9.17) is 10.5 Å². The molecule has 0 radical (unpaired) electrons. The Labute approximate surface area is 113 Å². The monoisotopic (exact) mass is 268 g/mol. The first-order chi connectivity index (χ1) is 8.99. The number of halogens is 1. The van der Waals surface area contributed by atoms with Gasteiger partial charge in [-0.25, -0.2) is 4.39 Å². The first-order valence-electron chi connectivity index (χ1n) is 6.48. The fraction of sp³-hybridized carbons (Fsp3) is 0.500. The van der Waals surface area contributed by atoms with Crippen LogP contribution in [0.2, 0.25) is 0 Å².